The lowest BCUT2D eigenvalue weighted by Crippen LogP contribution is -2.45. The highest BCUT2D eigenvalue weighted by atomic mass is 35.5. The lowest BCUT2D eigenvalue weighted by molar-refractivity contribution is -0.139. The van der Waals surface area contributed by atoms with Crippen LogP contribution in [0.1, 0.15) is 43.0 Å². The van der Waals surface area contributed by atoms with Crippen LogP contribution in [0.15, 0.2) is 48.7 Å². The minimum absolute atomic E-state index is 0. The first-order valence-corrected chi connectivity index (χ1v) is 12.4. The maximum atomic E-state index is 13.4. The van der Waals surface area contributed by atoms with Crippen LogP contribution in [0.2, 0.25) is 0 Å². The number of halogens is 2. The highest BCUT2D eigenvalue weighted by Gasteiger charge is 2.47. The van der Waals surface area contributed by atoms with Gasteiger partial charge in [0.25, 0.3) is 0 Å². The molecule has 0 aliphatic carbocycles. The third-order valence-corrected chi connectivity index (χ3v) is 7.34. The average molecular weight is 554 g/mol. The minimum atomic E-state index is -0.226. The van der Waals surface area contributed by atoms with E-state index in [1.807, 2.05) is 47.4 Å². The molecule has 2 aromatic rings. The molecule has 204 valence electrons. The number of carbonyl (C=O) groups is 2. The average Bonchev–Trinajstić information content (AvgIpc) is 3.18. The molecule has 2 aliphatic rings. The highest BCUT2D eigenvalue weighted by Crippen LogP contribution is 2.42. The van der Waals surface area contributed by atoms with Gasteiger partial charge in [-0.1, -0.05) is 18.2 Å². The van der Waals surface area contributed by atoms with Crippen molar-refractivity contribution in [2.45, 2.75) is 38.3 Å². The predicted molar refractivity (Wildman–Crippen MR) is 147 cm³/mol. The third-order valence-electron chi connectivity index (χ3n) is 7.34. The highest BCUT2D eigenvalue weighted by molar-refractivity contribution is 5.86. The van der Waals surface area contributed by atoms with E-state index in [9.17, 15) is 9.59 Å². The number of hydrogen-bond donors (Lipinski definition) is 1. The van der Waals surface area contributed by atoms with Crippen LogP contribution in [-0.4, -0.2) is 73.6 Å². The van der Waals surface area contributed by atoms with E-state index in [2.05, 4.69) is 15.2 Å². The molecule has 1 spiro atoms. The Morgan fingerprint density at radius 3 is 2.38 bits per heavy atom. The number of benzene rings is 1. The van der Waals surface area contributed by atoms with Crippen molar-refractivity contribution in [2.75, 3.05) is 47.0 Å². The van der Waals surface area contributed by atoms with Crippen LogP contribution in [-0.2, 0) is 20.9 Å². The van der Waals surface area contributed by atoms with E-state index in [0.717, 1.165) is 68.9 Å². The molecule has 1 unspecified atom stereocenters. The maximum absolute atomic E-state index is 13.4. The molecule has 0 saturated carbocycles. The Bertz CT molecular complexity index is 986. The Labute approximate surface area is 231 Å². The lowest BCUT2D eigenvalue weighted by Gasteiger charge is -2.38. The van der Waals surface area contributed by atoms with Crippen LogP contribution in [0.5, 0.6) is 5.75 Å². The van der Waals surface area contributed by atoms with Gasteiger partial charge in [-0.2, -0.15) is 0 Å². The number of ether oxygens (including phenoxy) is 2. The van der Waals surface area contributed by atoms with E-state index in [-0.39, 0.29) is 48.8 Å². The summed E-state index contributed by atoms with van der Waals surface area (Å²) < 4.78 is 10.2. The van der Waals surface area contributed by atoms with Crippen LogP contribution in [0.4, 0.5) is 0 Å². The van der Waals surface area contributed by atoms with Crippen molar-refractivity contribution in [1.29, 1.82) is 0 Å². The summed E-state index contributed by atoms with van der Waals surface area (Å²) >= 11 is 0. The molecule has 1 N–H and O–H groups in total. The van der Waals surface area contributed by atoms with E-state index in [1.165, 1.54) is 7.11 Å². The molecule has 2 aliphatic heterocycles. The van der Waals surface area contributed by atoms with Gasteiger partial charge in [0.1, 0.15) is 12.4 Å². The maximum Gasteiger partial charge on any atom is 0.246 e. The molecule has 1 aromatic heterocycles. The van der Waals surface area contributed by atoms with Gasteiger partial charge in [0.2, 0.25) is 11.8 Å². The minimum Gasteiger partial charge on any atom is -0.497 e. The second kappa shape index (κ2) is 14.5. The lowest BCUT2D eigenvalue weighted by atomic mass is 9.77. The molecule has 3 heterocycles. The zero-order valence-corrected chi connectivity index (χ0v) is 23.2. The number of likely N-dealkylation sites (tertiary alicyclic amines) is 2. The van der Waals surface area contributed by atoms with Crippen LogP contribution in [0.25, 0.3) is 0 Å². The summed E-state index contributed by atoms with van der Waals surface area (Å²) in [5.74, 6) is 0.981. The topological polar surface area (TPSA) is 84.0 Å². The van der Waals surface area contributed by atoms with Crippen molar-refractivity contribution in [3.8, 4) is 5.75 Å². The number of amides is 2. The number of piperidine rings is 1. The molecular formula is C27H38Cl2N4O4. The summed E-state index contributed by atoms with van der Waals surface area (Å²) in [6.07, 6.45) is 5.21. The molecule has 0 radical (unpaired) electrons. The fraction of sp³-hybridized carbons (Fsp3) is 0.519. The molecule has 1 aromatic carbocycles. The van der Waals surface area contributed by atoms with Gasteiger partial charge in [0.05, 0.1) is 24.3 Å². The van der Waals surface area contributed by atoms with Crippen molar-refractivity contribution in [3.05, 3.63) is 59.9 Å². The van der Waals surface area contributed by atoms with E-state index in [1.54, 1.807) is 13.3 Å². The second-order valence-electron chi connectivity index (χ2n) is 9.54. The van der Waals surface area contributed by atoms with Crippen LogP contribution in [0, 0.1) is 5.41 Å². The van der Waals surface area contributed by atoms with E-state index in [0.29, 0.717) is 12.5 Å². The standard InChI is InChI=1S/C27H36N4O4.2ClH/c1-34-20-25(32)29-24(23-5-3-4-14-28-23)10-15-30-16-11-27(12-17-30)13-18-31(26(27)33)19-21-6-8-22(35-2)9-7-21;;/h3-9,14,24H,10-13,15-20H2,1-2H3,(H,29,32);2*1H. The summed E-state index contributed by atoms with van der Waals surface area (Å²) in [6.45, 7) is 4.13. The molecule has 1 atom stereocenters. The van der Waals surface area contributed by atoms with Gasteiger partial charge < -0.3 is 24.6 Å². The van der Waals surface area contributed by atoms with Crippen LogP contribution < -0.4 is 10.1 Å². The number of methoxy groups -OCH3 is 2. The molecular weight excluding hydrogens is 515 g/mol. The quantitative estimate of drug-likeness (QED) is 0.484. The Balaban J connectivity index is 0.00000241. The first-order valence-electron chi connectivity index (χ1n) is 12.4. The molecule has 0 bridgehead atoms. The number of nitrogens with one attached hydrogen (secondary N) is 1. The first kappa shape index (κ1) is 30.8. The molecule has 4 rings (SSSR count). The molecule has 37 heavy (non-hydrogen) atoms. The predicted octanol–water partition coefficient (Wildman–Crippen LogP) is 3.64. The number of nitrogens with zero attached hydrogens (tertiary/aromatic N) is 3. The Hall–Kier alpha value is -2.39. The number of hydrogen-bond acceptors (Lipinski definition) is 6. The molecule has 10 heteroatoms. The number of aromatic nitrogens is 1. The summed E-state index contributed by atoms with van der Waals surface area (Å²) in [7, 11) is 3.17. The summed E-state index contributed by atoms with van der Waals surface area (Å²) in [5, 5.41) is 3.04. The van der Waals surface area contributed by atoms with Gasteiger partial charge in [0, 0.05) is 32.9 Å². The van der Waals surface area contributed by atoms with Gasteiger partial charge in [-0.25, -0.2) is 0 Å². The number of rotatable bonds is 10. The van der Waals surface area contributed by atoms with Crippen molar-refractivity contribution in [2.24, 2.45) is 5.41 Å². The fourth-order valence-corrected chi connectivity index (χ4v) is 5.22. The van der Waals surface area contributed by atoms with Gasteiger partial charge >= 0.3 is 0 Å². The van der Waals surface area contributed by atoms with E-state index >= 15 is 0 Å². The number of pyridine rings is 1. The zero-order valence-electron chi connectivity index (χ0n) is 21.6. The summed E-state index contributed by atoms with van der Waals surface area (Å²) in [4.78, 5) is 34.4. The second-order valence-corrected chi connectivity index (χ2v) is 9.54. The van der Waals surface area contributed by atoms with Gasteiger partial charge in [-0.05, 0) is 68.6 Å². The third kappa shape index (κ3) is 7.80. The Morgan fingerprint density at radius 2 is 1.76 bits per heavy atom. The van der Waals surface area contributed by atoms with Crippen LogP contribution in [0.3, 0.4) is 0 Å². The monoisotopic (exact) mass is 552 g/mol. The summed E-state index contributed by atoms with van der Waals surface area (Å²) in [5.41, 5.74) is 1.76. The smallest absolute Gasteiger partial charge is 0.246 e. The molecule has 2 amide bonds. The number of carbonyl (C=O) groups excluding carboxylic acids is 2. The normalized spacial score (nSPS) is 17.6. The SMILES string of the molecule is COCC(=O)NC(CCN1CCC2(CC1)CCN(Cc1ccc(OC)cc1)C2=O)c1ccccn1.Cl.Cl. The van der Waals surface area contributed by atoms with Gasteiger partial charge in [-0.15, -0.1) is 24.8 Å². The molecule has 2 fully saturated rings. The summed E-state index contributed by atoms with van der Waals surface area (Å²) in [6, 6.07) is 13.5. The van der Waals surface area contributed by atoms with Crippen molar-refractivity contribution < 1.29 is 19.1 Å². The van der Waals surface area contributed by atoms with Gasteiger partial charge in [-0.3, -0.25) is 14.6 Å². The molecule has 8 nitrogen and oxygen atoms in total. The van der Waals surface area contributed by atoms with Crippen LogP contribution >= 0.6 is 24.8 Å². The van der Waals surface area contributed by atoms with Crippen molar-refractivity contribution in [1.82, 2.24) is 20.1 Å². The zero-order chi connectivity index (χ0) is 24.7. The largest absolute Gasteiger partial charge is 0.497 e. The van der Waals surface area contributed by atoms with Crippen molar-refractivity contribution >= 4 is 36.6 Å². The fourth-order valence-electron chi connectivity index (χ4n) is 5.22. The van der Waals surface area contributed by atoms with E-state index in [4.69, 9.17) is 9.47 Å². The first-order chi connectivity index (χ1) is 17.0. The van der Waals surface area contributed by atoms with Crippen molar-refractivity contribution in [3.63, 3.8) is 0 Å². The van der Waals surface area contributed by atoms with E-state index < -0.39 is 0 Å². The Kier molecular flexibility index (Phi) is 12.1. The Morgan fingerprint density at radius 1 is 1.05 bits per heavy atom. The van der Waals surface area contributed by atoms with Gasteiger partial charge in [0.15, 0.2) is 0 Å². The molecule has 2 saturated heterocycles.